The summed E-state index contributed by atoms with van der Waals surface area (Å²) in [6.07, 6.45) is 11.0. The largest absolute Gasteiger partial charge is 0.490 e. The van der Waals surface area contributed by atoms with E-state index in [-0.39, 0.29) is 57.2 Å². The third-order valence-electron chi connectivity index (χ3n) is 11.1. The van der Waals surface area contributed by atoms with Gasteiger partial charge in [0.1, 0.15) is 36.4 Å². The van der Waals surface area contributed by atoms with E-state index in [2.05, 4.69) is 25.3 Å². The van der Waals surface area contributed by atoms with Gasteiger partial charge < -0.3 is 38.7 Å². The molecule has 11 nitrogen and oxygen atoms in total. The molecule has 2 aliphatic carbocycles. The van der Waals surface area contributed by atoms with Crippen LogP contribution >= 0.6 is 0 Å². The van der Waals surface area contributed by atoms with E-state index >= 15 is 0 Å². The van der Waals surface area contributed by atoms with Crippen LogP contribution in [0.4, 0.5) is 4.79 Å². The van der Waals surface area contributed by atoms with E-state index in [4.69, 9.17) is 33.7 Å². The number of carbonyl (C=O) groups is 1. The van der Waals surface area contributed by atoms with Crippen molar-refractivity contribution in [2.75, 3.05) is 46.2 Å². The van der Waals surface area contributed by atoms with Gasteiger partial charge >= 0.3 is 6.09 Å². The highest BCUT2D eigenvalue weighted by molar-refractivity contribution is 6.03. The maximum Gasteiger partial charge on any atom is 0.410 e. The van der Waals surface area contributed by atoms with Crippen molar-refractivity contribution < 1.29 is 43.5 Å². The number of fused-ring (bicyclic) bond motifs is 2. The monoisotopic (exact) mass is 802 g/mol. The van der Waals surface area contributed by atoms with Crippen molar-refractivity contribution >= 4 is 11.8 Å². The molecule has 1 saturated carbocycles. The molecule has 3 aliphatic rings. The van der Waals surface area contributed by atoms with Crippen molar-refractivity contribution in [3.05, 3.63) is 96.6 Å². The van der Waals surface area contributed by atoms with E-state index in [1.165, 1.54) is 0 Å². The number of aliphatic hydroxyl groups excluding tert-OH is 2. The van der Waals surface area contributed by atoms with Gasteiger partial charge in [0.05, 0.1) is 31.5 Å². The lowest BCUT2D eigenvalue weighted by Crippen LogP contribution is -2.70. The number of allylic oxidation sites excluding steroid dienone is 1. The Morgan fingerprint density at radius 3 is 2.43 bits per heavy atom. The Morgan fingerprint density at radius 2 is 1.74 bits per heavy atom. The Bertz CT molecular complexity index is 1690. The molecule has 0 radical (unpaired) electrons. The second-order valence-electron chi connectivity index (χ2n) is 16.4. The maximum atomic E-state index is 14.4. The molecule has 318 valence electrons. The first-order valence-corrected chi connectivity index (χ1v) is 21.2. The van der Waals surface area contributed by atoms with E-state index in [0.29, 0.717) is 50.5 Å². The van der Waals surface area contributed by atoms with Crippen LogP contribution in [-0.4, -0.2) is 90.5 Å². The van der Waals surface area contributed by atoms with Crippen molar-refractivity contribution in [3.63, 3.8) is 0 Å². The SMILES string of the molecule is C=CCOc1ccc2c(c1)[C@H]1[C@H](CCCCO)[C@@H](CCCCO)C=C3C(=NOC(C)(C)C)C[C@H](N(CCC)C(=O)OCCOCc4ccccc4)[C@@](OCC=C)(O2)[C@H]31. The van der Waals surface area contributed by atoms with Crippen LogP contribution in [0.2, 0.25) is 0 Å². The average molecular weight is 803 g/mol. The summed E-state index contributed by atoms with van der Waals surface area (Å²) in [6, 6.07) is 15.1. The Labute approximate surface area is 345 Å². The van der Waals surface area contributed by atoms with Crippen LogP contribution in [0.1, 0.15) is 96.1 Å². The predicted octanol–water partition coefficient (Wildman–Crippen LogP) is 8.75. The number of carbonyl (C=O) groups excluding carboxylic acids is 1. The topological polar surface area (TPSA) is 129 Å². The van der Waals surface area contributed by atoms with Crippen molar-refractivity contribution in [1.82, 2.24) is 4.90 Å². The lowest BCUT2D eigenvalue weighted by molar-refractivity contribution is -0.255. The summed E-state index contributed by atoms with van der Waals surface area (Å²) in [5.74, 6) is -0.379. The molecular formula is C47H66N2O9. The Balaban J connectivity index is 1.65. The second-order valence-corrected chi connectivity index (χ2v) is 16.4. The van der Waals surface area contributed by atoms with Gasteiger partial charge in [-0.15, -0.1) is 6.58 Å². The number of oxime groups is 1. The summed E-state index contributed by atoms with van der Waals surface area (Å²) >= 11 is 0. The van der Waals surface area contributed by atoms with Gasteiger partial charge in [0.15, 0.2) is 0 Å². The number of aliphatic hydroxyl groups is 2. The molecule has 0 spiro atoms. The van der Waals surface area contributed by atoms with Crippen LogP contribution in [0, 0.1) is 17.8 Å². The normalized spacial score (nSPS) is 24.1. The Hall–Kier alpha value is -4.16. The van der Waals surface area contributed by atoms with Crippen LogP contribution < -0.4 is 9.47 Å². The fourth-order valence-corrected chi connectivity index (χ4v) is 8.74. The van der Waals surface area contributed by atoms with E-state index in [0.717, 1.165) is 48.1 Å². The number of amides is 1. The zero-order valence-corrected chi connectivity index (χ0v) is 35.1. The fourth-order valence-electron chi connectivity index (χ4n) is 8.74. The molecule has 0 unspecified atom stereocenters. The molecule has 2 aromatic carbocycles. The summed E-state index contributed by atoms with van der Waals surface area (Å²) < 4.78 is 32.3. The Kier molecular flexibility index (Phi) is 16.8. The van der Waals surface area contributed by atoms with E-state index in [1.54, 1.807) is 17.1 Å². The minimum Gasteiger partial charge on any atom is -0.490 e. The van der Waals surface area contributed by atoms with Crippen LogP contribution in [0.25, 0.3) is 0 Å². The van der Waals surface area contributed by atoms with Gasteiger partial charge in [-0.3, -0.25) is 4.90 Å². The third-order valence-corrected chi connectivity index (χ3v) is 11.1. The summed E-state index contributed by atoms with van der Waals surface area (Å²) in [7, 11) is 0. The lowest BCUT2D eigenvalue weighted by atomic mass is 9.55. The molecule has 0 saturated heterocycles. The van der Waals surface area contributed by atoms with Crippen LogP contribution in [0.5, 0.6) is 11.5 Å². The average Bonchev–Trinajstić information content (AvgIpc) is 3.21. The molecule has 2 aromatic rings. The van der Waals surface area contributed by atoms with Crippen molar-refractivity contribution in [2.45, 2.75) is 109 Å². The van der Waals surface area contributed by atoms with Gasteiger partial charge in [-0.1, -0.05) is 80.1 Å². The first-order valence-electron chi connectivity index (χ1n) is 21.2. The van der Waals surface area contributed by atoms with Gasteiger partial charge in [0.25, 0.3) is 0 Å². The van der Waals surface area contributed by atoms with Crippen molar-refractivity contribution in [3.8, 4) is 11.5 Å². The smallest absolute Gasteiger partial charge is 0.410 e. The zero-order chi connectivity index (χ0) is 41.5. The summed E-state index contributed by atoms with van der Waals surface area (Å²) in [5, 5.41) is 24.6. The first-order chi connectivity index (χ1) is 28.1. The number of nitrogens with zero attached hydrogens (tertiary/aromatic N) is 2. The summed E-state index contributed by atoms with van der Waals surface area (Å²) in [6.45, 7) is 17.7. The van der Waals surface area contributed by atoms with Crippen LogP contribution in [-0.2, 0) is 25.7 Å². The van der Waals surface area contributed by atoms with Crippen LogP contribution in [0.3, 0.4) is 0 Å². The van der Waals surface area contributed by atoms with Gasteiger partial charge in [0.2, 0.25) is 5.79 Å². The molecule has 1 amide bonds. The molecule has 2 N–H and O–H groups in total. The van der Waals surface area contributed by atoms with Gasteiger partial charge in [-0.05, 0) is 94.0 Å². The molecule has 1 aliphatic heterocycles. The molecular weight excluding hydrogens is 737 g/mol. The van der Waals surface area contributed by atoms with Gasteiger partial charge in [-0.25, -0.2) is 4.79 Å². The van der Waals surface area contributed by atoms with E-state index in [9.17, 15) is 15.0 Å². The third kappa shape index (κ3) is 11.1. The standard InChI is InChI=1S/C47H66N2O9/c1-7-23-49(45(52)55-29-28-53-33-34-17-11-10-12-18-34)42-32-40(48-58-46(4,5)6)38-30-35(19-13-15-24-50)37(20-14-16-25-51)43-39-31-36(54-26-8-2)21-22-41(39)57-47(42,44(38)43)56-27-9-3/h8-12,17-18,21-22,30-31,35,37,42-44,50-51H,2-3,7,13-16,19-20,23-29,32-33H2,1,4-6H3/t35-,37+,42-,43+,44+,47+/m0/s1. The second kappa shape index (κ2) is 21.7. The van der Waals surface area contributed by atoms with Gasteiger partial charge in [0, 0.05) is 37.7 Å². The number of unbranched alkanes of at least 4 members (excludes halogenated alkanes) is 2. The zero-order valence-electron chi connectivity index (χ0n) is 35.1. The highest BCUT2D eigenvalue weighted by atomic mass is 16.7. The number of benzene rings is 2. The molecule has 0 aromatic heterocycles. The molecule has 58 heavy (non-hydrogen) atoms. The maximum absolute atomic E-state index is 14.4. The minimum absolute atomic E-state index is 0.0734. The number of hydrogen-bond donors (Lipinski definition) is 2. The first kappa shape index (κ1) is 44.9. The highest BCUT2D eigenvalue weighted by Gasteiger charge is 2.65. The molecule has 0 bridgehead atoms. The fraction of sp³-hybridized carbons (Fsp3) is 0.574. The minimum atomic E-state index is -1.37. The van der Waals surface area contributed by atoms with Gasteiger partial charge in [-0.2, -0.15) is 0 Å². The molecule has 11 heteroatoms. The predicted molar refractivity (Wildman–Crippen MR) is 226 cm³/mol. The Morgan fingerprint density at radius 1 is 1.00 bits per heavy atom. The quantitative estimate of drug-likeness (QED) is 0.0644. The molecule has 5 rings (SSSR count). The summed E-state index contributed by atoms with van der Waals surface area (Å²) in [5.41, 5.74) is 3.17. The number of hydrogen-bond acceptors (Lipinski definition) is 10. The highest BCUT2D eigenvalue weighted by Crippen LogP contribution is 2.62. The van der Waals surface area contributed by atoms with E-state index < -0.39 is 29.4 Å². The van der Waals surface area contributed by atoms with Crippen LogP contribution in [0.15, 0.2) is 90.6 Å². The number of rotatable bonds is 23. The number of ether oxygens (including phenoxy) is 5. The van der Waals surface area contributed by atoms with Crippen molar-refractivity contribution in [1.29, 1.82) is 0 Å². The molecule has 1 fully saturated rings. The molecule has 6 atom stereocenters. The van der Waals surface area contributed by atoms with Crippen molar-refractivity contribution in [2.24, 2.45) is 22.9 Å². The van der Waals surface area contributed by atoms with E-state index in [1.807, 2.05) is 70.2 Å². The lowest BCUT2D eigenvalue weighted by Gasteiger charge is -2.60. The molecule has 1 heterocycles. The summed E-state index contributed by atoms with van der Waals surface area (Å²) in [4.78, 5) is 22.4.